The molecular formula is C16H23N5OS. The van der Waals surface area contributed by atoms with Crippen LogP contribution in [-0.4, -0.2) is 38.9 Å². The normalized spacial score (nSPS) is 18.7. The van der Waals surface area contributed by atoms with Crippen molar-refractivity contribution in [1.29, 1.82) is 0 Å². The summed E-state index contributed by atoms with van der Waals surface area (Å²) in [5.74, 6) is 1.03. The number of amides is 1. The molecule has 0 aromatic carbocycles. The molecule has 0 radical (unpaired) electrons. The molecule has 1 saturated heterocycles. The van der Waals surface area contributed by atoms with E-state index in [0.717, 1.165) is 18.0 Å². The Hall–Kier alpha value is -1.73. The first-order valence-electron chi connectivity index (χ1n) is 8.04. The van der Waals surface area contributed by atoms with Crippen LogP contribution in [0.5, 0.6) is 0 Å². The molecule has 6 nitrogen and oxygen atoms in total. The highest BCUT2D eigenvalue weighted by Crippen LogP contribution is 2.36. The predicted molar refractivity (Wildman–Crippen MR) is 91.7 cm³/mol. The smallest absolute Gasteiger partial charge is 0.266 e. The van der Waals surface area contributed by atoms with Gasteiger partial charge >= 0.3 is 0 Å². The number of carbonyl (C=O) groups excluding carboxylic acids is 1. The third-order valence-corrected chi connectivity index (χ3v) is 5.17. The van der Waals surface area contributed by atoms with Gasteiger partial charge in [-0.25, -0.2) is 0 Å². The second-order valence-electron chi connectivity index (χ2n) is 6.48. The molecule has 2 aromatic heterocycles. The number of carbonyl (C=O) groups is 1. The van der Waals surface area contributed by atoms with Crippen LogP contribution in [0.1, 0.15) is 47.3 Å². The van der Waals surface area contributed by atoms with E-state index in [2.05, 4.69) is 40.4 Å². The molecule has 0 saturated carbocycles. The number of anilines is 1. The van der Waals surface area contributed by atoms with E-state index in [1.54, 1.807) is 29.3 Å². The maximum atomic E-state index is 12.3. The SMILES string of the molecule is CC(C)CN1CCC[C@@H]1c1ccc(C(=O)Nc2cn(C)nn2)s1. The van der Waals surface area contributed by atoms with E-state index in [0.29, 0.717) is 17.8 Å². The van der Waals surface area contributed by atoms with E-state index in [9.17, 15) is 4.79 Å². The number of rotatable bonds is 5. The van der Waals surface area contributed by atoms with E-state index >= 15 is 0 Å². The Morgan fingerprint density at radius 3 is 3.00 bits per heavy atom. The van der Waals surface area contributed by atoms with Crippen molar-refractivity contribution in [1.82, 2.24) is 19.9 Å². The molecule has 1 fully saturated rings. The Morgan fingerprint density at radius 2 is 2.30 bits per heavy atom. The molecule has 0 unspecified atom stereocenters. The Balaban J connectivity index is 1.68. The Bertz CT molecular complexity index is 678. The molecule has 2 aromatic rings. The Kier molecular flexibility index (Phi) is 4.77. The molecule has 1 N–H and O–H groups in total. The van der Waals surface area contributed by atoms with E-state index < -0.39 is 0 Å². The molecule has 1 aliphatic heterocycles. The average molecular weight is 333 g/mol. The molecule has 3 rings (SSSR count). The fourth-order valence-electron chi connectivity index (χ4n) is 3.07. The Morgan fingerprint density at radius 1 is 1.48 bits per heavy atom. The van der Waals surface area contributed by atoms with E-state index in [-0.39, 0.29) is 5.91 Å². The average Bonchev–Trinajstić information content (AvgIpc) is 3.18. The summed E-state index contributed by atoms with van der Waals surface area (Å²) < 4.78 is 1.57. The van der Waals surface area contributed by atoms with Gasteiger partial charge in [-0.2, -0.15) is 0 Å². The highest BCUT2D eigenvalue weighted by molar-refractivity contribution is 7.14. The highest BCUT2D eigenvalue weighted by Gasteiger charge is 2.28. The van der Waals surface area contributed by atoms with Gasteiger partial charge in [-0.3, -0.25) is 14.4 Å². The number of thiophene rings is 1. The van der Waals surface area contributed by atoms with Crippen molar-refractivity contribution in [3.05, 3.63) is 28.1 Å². The van der Waals surface area contributed by atoms with Gasteiger partial charge in [-0.15, -0.1) is 16.4 Å². The van der Waals surface area contributed by atoms with Crippen LogP contribution in [-0.2, 0) is 7.05 Å². The highest BCUT2D eigenvalue weighted by atomic mass is 32.1. The summed E-state index contributed by atoms with van der Waals surface area (Å²) in [6.45, 7) is 6.78. The fraction of sp³-hybridized carbons (Fsp3) is 0.562. The van der Waals surface area contributed by atoms with Gasteiger partial charge in [0.05, 0.1) is 11.1 Å². The van der Waals surface area contributed by atoms with Crippen molar-refractivity contribution < 1.29 is 4.79 Å². The second kappa shape index (κ2) is 6.80. The summed E-state index contributed by atoms with van der Waals surface area (Å²) in [7, 11) is 1.77. The molecule has 1 aliphatic rings. The van der Waals surface area contributed by atoms with Crippen LogP contribution in [0.25, 0.3) is 0 Å². The topological polar surface area (TPSA) is 63.1 Å². The second-order valence-corrected chi connectivity index (χ2v) is 7.60. The lowest BCUT2D eigenvalue weighted by Gasteiger charge is -2.25. The molecule has 1 atom stereocenters. The largest absolute Gasteiger partial charge is 0.303 e. The quantitative estimate of drug-likeness (QED) is 0.914. The van der Waals surface area contributed by atoms with Crippen LogP contribution < -0.4 is 5.32 Å². The van der Waals surface area contributed by atoms with Crippen LogP contribution in [0.2, 0.25) is 0 Å². The van der Waals surface area contributed by atoms with E-state index in [1.807, 2.05) is 6.07 Å². The maximum Gasteiger partial charge on any atom is 0.266 e. The summed E-state index contributed by atoms with van der Waals surface area (Å²) in [6, 6.07) is 4.47. The monoisotopic (exact) mass is 333 g/mol. The van der Waals surface area contributed by atoms with Crippen LogP contribution >= 0.6 is 11.3 Å². The lowest BCUT2D eigenvalue weighted by atomic mass is 10.1. The van der Waals surface area contributed by atoms with Crippen molar-refractivity contribution in [3.8, 4) is 0 Å². The van der Waals surface area contributed by atoms with E-state index in [4.69, 9.17) is 0 Å². The van der Waals surface area contributed by atoms with Crippen molar-refractivity contribution in [2.75, 3.05) is 18.4 Å². The van der Waals surface area contributed by atoms with Crippen LogP contribution in [0.3, 0.4) is 0 Å². The molecule has 124 valence electrons. The van der Waals surface area contributed by atoms with Crippen molar-refractivity contribution in [2.24, 2.45) is 13.0 Å². The number of likely N-dealkylation sites (tertiary alicyclic amines) is 1. The van der Waals surface area contributed by atoms with Gasteiger partial charge in [0, 0.05) is 24.5 Å². The van der Waals surface area contributed by atoms with Gasteiger partial charge in [0.15, 0.2) is 5.82 Å². The van der Waals surface area contributed by atoms with Gasteiger partial charge in [-0.05, 0) is 37.4 Å². The number of nitrogens with zero attached hydrogens (tertiary/aromatic N) is 4. The third-order valence-electron chi connectivity index (χ3n) is 3.99. The first-order valence-corrected chi connectivity index (χ1v) is 8.86. The summed E-state index contributed by atoms with van der Waals surface area (Å²) >= 11 is 1.59. The molecule has 7 heteroatoms. The van der Waals surface area contributed by atoms with Crippen molar-refractivity contribution >= 4 is 23.1 Å². The number of aryl methyl sites for hydroxylation is 1. The van der Waals surface area contributed by atoms with Crippen LogP contribution in [0.4, 0.5) is 5.82 Å². The minimum absolute atomic E-state index is 0.116. The first kappa shape index (κ1) is 16.1. The number of hydrogen-bond acceptors (Lipinski definition) is 5. The zero-order valence-electron chi connectivity index (χ0n) is 13.8. The third kappa shape index (κ3) is 3.79. The fourth-order valence-corrected chi connectivity index (χ4v) is 4.15. The molecule has 0 spiro atoms. The first-order chi connectivity index (χ1) is 11.0. The summed E-state index contributed by atoms with van der Waals surface area (Å²) in [5, 5.41) is 10.5. The van der Waals surface area contributed by atoms with Gasteiger partial charge in [0.2, 0.25) is 0 Å². The number of hydrogen-bond donors (Lipinski definition) is 1. The number of nitrogens with one attached hydrogen (secondary N) is 1. The summed E-state index contributed by atoms with van der Waals surface area (Å²) in [6.07, 6.45) is 4.10. The lowest BCUT2D eigenvalue weighted by molar-refractivity contribution is 0.103. The van der Waals surface area contributed by atoms with Crippen molar-refractivity contribution in [2.45, 2.75) is 32.7 Å². The van der Waals surface area contributed by atoms with Crippen molar-refractivity contribution in [3.63, 3.8) is 0 Å². The molecular weight excluding hydrogens is 310 g/mol. The lowest BCUT2D eigenvalue weighted by Crippen LogP contribution is -2.26. The molecule has 0 bridgehead atoms. The predicted octanol–water partition coefficient (Wildman–Crippen LogP) is 2.92. The molecule has 23 heavy (non-hydrogen) atoms. The van der Waals surface area contributed by atoms with E-state index in [1.165, 1.54) is 17.7 Å². The van der Waals surface area contributed by atoms with Crippen LogP contribution in [0.15, 0.2) is 18.3 Å². The maximum absolute atomic E-state index is 12.3. The standard InChI is InChI=1S/C16H23N5OS/c1-11(2)9-21-8-4-5-12(21)13-6-7-14(23-13)16(22)17-15-10-20(3)19-18-15/h6-7,10-12H,4-5,8-9H2,1-3H3,(H,17,22)/t12-/m1/s1. The minimum Gasteiger partial charge on any atom is -0.303 e. The van der Waals surface area contributed by atoms with Gasteiger partial charge in [0.1, 0.15) is 0 Å². The van der Waals surface area contributed by atoms with Gasteiger partial charge < -0.3 is 5.32 Å². The summed E-state index contributed by atoms with van der Waals surface area (Å²) in [4.78, 5) is 16.9. The zero-order valence-corrected chi connectivity index (χ0v) is 14.6. The summed E-state index contributed by atoms with van der Waals surface area (Å²) in [5.41, 5.74) is 0. The molecule has 3 heterocycles. The van der Waals surface area contributed by atoms with Gasteiger partial charge in [-0.1, -0.05) is 19.1 Å². The Labute approximate surface area is 140 Å². The minimum atomic E-state index is -0.116. The zero-order chi connectivity index (χ0) is 16.4. The van der Waals surface area contributed by atoms with Crippen LogP contribution in [0, 0.1) is 5.92 Å². The number of aromatic nitrogens is 3. The molecule has 1 amide bonds. The van der Waals surface area contributed by atoms with Gasteiger partial charge in [0.25, 0.3) is 5.91 Å². The molecule has 0 aliphatic carbocycles.